The quantitative estimate of drug-likeness (QED) is 0.885. The van der Waals surface area contributed by atoms with Gasteiger partial charge in [-0.3, -0.25) is 15.0 Å². The number of halogens is 1. The Hall–Kier alpha value is -1.40. The maximum atomic E-state index is 11.6. The Kier molecular flexibility index (Phi) is 4.77. The number of rotatable bonds is 3. The molecule has 5 nitrogen and oxygen atoms in total. The highest BCUT2D eigenvalue weighted by Crippen LogP contribution is 2.33. The van der Waals surface area contributed by atoms with E-state index in [1.54, 1.807) is 0 Å². The van der Waals surface area contributed by atoms with Crippen LogP contribution in [0.1, 0.15) is 30.0 Å². The summed E-state index contributed by atoms with van der Waals surface area (Å²) in [4.78, 5) is 24.4. The molecule has 1 saturated heterocycles. The zero-order valence-electron chi connectivity index (χ0n) is 11.4. The van der Waals surface area contributed by atoms with Gasteiger partial charge in [0, 0.05) is 10.5 Å². The van der Waals surface area contributed by atoms with Crippen molar-refractivity contribution in [2.75, 3.05) is 13.1 Å². The molecule has 0 aromatic heterocycles. The first kappa shape index (κ1) is 15.0. The van der Waals surface area contributed by atoms with Crippen LogP contribution in [0.15, 0.2) is 22.7 Å². The lowest BCUT2D eigenvalue weighted by Crippen LogP contribution is -2.42. The molecule has 0 bridgehead atoms. The third-order valence-electron chi connectivity index (χ3n) is 3.54. The summed E-state index contributed by atoms with van der Waals surface area (Å²) in [6.45, 7) is 3.10. The van der Waals surface area contributed by atoms with Crippen molar-refractivity contribution in [3.63, 3.8) is 0 Å². The average Bonchev–Trinajstić information content (AvgIpc) is 2.79. The summed E-state index contributed by atoms with van der Waals surface area (Å²) < 4.78 is 1.08. The van der Waals surface area contributed by atoms with Crippen molar-refractivity contribution in [1.82, 2.24) is 10.2 Å². The second-order valence-electron chi connectivity index (χ2n) is 5.05. The number of nitrogens with two attached hydrogens (primary N) is 1. The second kappa shape index (κ2) is 6.37. The molecule has 1 fully saturated rings. The van der Waals surface area contributed by atoms with Crippen molar-refractivity contribution in [3.8, 4) is 0 Å². The van der Waals surface area contributed by atoms with Crippen molar-refractivity contribution in [2.24, 2.45) is 5.73 Å². The van der Waals surface area contributed by atoms with Crippen LogP contribution in [-0.4, -0.2) is 29.9 Å². The van der Waals surface area contributed by atoms with E-state index in [2.05, 4.69) is 38.3 Å². The standard InChI is InChI=1S/C14H18BrN3O2/c1-9-7-10(4-5-11(9)15)12-3-2-6-18(12)8-13(19)17-14(16)20/h4-5,7,12H,2-3,6,8H2,1H3,(H3,16,17,19,20)/t12-/m0/s1. The third kappa shape index (κ3) is 3.58. The zero-order valence-corrected chi connectivity index (χ0v) is 12.9. The molecule has 3 amide bonds. The Labute approximate surface area is 126 Å². The van der Waals surface area contributed by atoms with E-state index in [1.165, 1.54) is 11.1 Å². The second-order valence-corrected chi connectivity index (χ2v) is 5.90. The number of nitrogens with one attached hydrogen (secondary N) is 1. The van der Waals surface area contributed by atoms with E-state index in [0.29, 0.717) is 0 Å². The predicted molar refractivity (Wildman–Crippen MR) is 80.2 cm³/mol. The summed E-state index contributed by atoms with van der Waals surface area (Å²) in [5, 5.41) is 2.11. The number of amides is 3. The molecule has 6 heteroatoms. The van der Waals surface area contributed by atoms with Crippen molar-refractivity contribution >= 4 is 27.9 Å². The monoisotopic (exact) mass is 339 g/mol. The average molecular weight is 340 g/mol. The molecule has 1 aromatic rings. The predicted octanol–water partition coefficient (Wildman–Crippen LogP) is 2.09. The van der Waals surface area contributed by atoms with Gasteiger partial charge in [0.25, 0.3) is 0 Å². The molecule has 20 heavy (non-hydrogen) atoms. The molecule has 0 spiro atoms. The van der Waals surface area contributed by atoms with Crippen LogP contribution in [0.3, 0.4) is 0 Å². The van der Waals surface area contributed by atoms with E-state index < -0.39 is 6.03 Å². The molecular weight excluding hydrogens is 322 g/mol. The SMILES string of the molecule is Cc1cc([C@@H]2CCCN2CC(=O)NC(N)=O)ccc1Br. The Balaban J connectivity index is 2.08. The van der Waals surface area contributed by atoms with Crippen LogP contribution >= 0.6 is 15.9 Å². The van der Waals surface area contributed by atoms with Gasteiger partial charge in [0.2, 0.25) is 5.91 Å². The van der Waals surface area contributed by atoms with Crippen molar-refractivity contribution < 1.29 is 9.59 Å². The normalized spacial score (nSPS) is 19.0. The number of nitrogens with zero attached hydrogens (tertiary/aromatic N) is 1. The lowest BCUT2D eigenvalue weighted by atomic mass is 10.0. The number of urea groups is 1. The fraction of sp³-hybridized carbons (Fsp3) is 0.429. The summed E-state index contributed by atoms with van der Waals surface area (Å²) >= 11 is 3.49. The van der Waals surface area contributed by atoms with E-state index in [-0.39, 0.29) is 18.5 Å². The van der Waals surface area contributed by atoms with E-state index in [0.717, 1.165) is 23.9 Å². The van der Waals surface area contributed by atoms with Gasteiger partial charge in [-0.05, 0) is 43.5 Å². The summed E-state index contributed by atoms with van der Waals surface area (Å²) in [6.07, 6.45) is 2.06. The van der Waals surface area contributed by atoms with E-state index >= 15 is 0 Å². The Bertz CT molecular complexity index is 533. The largest absolute Gasteiger partial charge is 0.351 e. The minimum atomic E-state index is -0.801. The van der Waals surface area contributed by atoms with E-state index in [1.807, 2.05) is 13.0 Å². The maximum absolute atomic E-state index is 11.6. The number of aryl methyl sites for hydroxylation is 1. The topological polar surface area (TPSA) is 75.4 Å². The first-order valence-corrected chi connectivity index (χ1v) is 7.36. The van der Waals surface area contributed by atoms with Crippen molar-refractivity contribution in [3.05, 3.63) is 33.8 Å². The van der Waals surface area contributed by atoms with Gasteiger partial charge in [-0.25, -0.2) is 4.79 Å². The molecule has 0 saturated carbocycles. The van der Waals surface area contributed by atoms with Gasteiger partial charge in [0.15, 0.2) is 0 Å². The lowest BCUT2D eigenvalue weighted by Gasteiger charge is -2.24. The van der Waals surface area contributed by atoms with Gasteiger partial charge >= 0.3 is 6.03 Å². The maximum Gasteiger partial charge on any atom is 0.318 e. The first-order valence-electron chi connectivity index (χ1n) is 6.57. The molecule has 108 valence electrons. The minimum absolute atomic E-state index is 0.197. The van der Waals surface area contributed by atoms with Crippen LogP contribution in [0.2, 0.25) is 0 Å². The van der Waals surface area contributed by atoms with Gasteiger partial charge in [-0.15, -0.1) is 0 Å². The van der Waals surface area contributed by atoms with E-state index in [4.69, 9.17) is 5.73 Å². The van der Waals surface area contributed by atoms with Gasteiger partial charge in [0.05, 0.1) is 6.54 Å². The van der Waals surface area contributed by atoms with E-state index in [9.17, 15) is 9.59 Å². The zero-order chi connectivity index (χ0) is 14.7. The van der Waals surface area contributed by atoms with Gasteiger partial charge in [0.1, 0.15) is 0 Å². The molecule has 0 aliphatic carbocycles. The molecule has 3 N–H and O–H groups in total. The summed E-state index contributed by atoms with van der Waals surface area (Å²) in [6, 6.07) is 5.67. The molecule has 1 atom stereocenters. The number of likely N-dealkylation sites (tertiary alicyclic amines) is 1. The Morgan fingerprint density at radius 1 is 1.50 bits per heavy atom. The molecule has 1 aromatic carbocycles. The van der Waals surface area contributed by atoms with Gasteiger partial charge < -0.3 is 5.73 Å². The minimum Gasteiger partial charge on any atom is -0.351 e. The molecule has 1 aliphatic rings. The lowest BCUT2D eigenvalue weighted by molar-refractivity contribution is -0.121. The number of hydrogen-bond donors (Lipinski definition) is 2. The van der Waals surface area contributed by atoms with Crippen LogP contribution < -0.4 is 11.1 Å². The molecule has 1 heterocycles. The molecular formula is C14H18BrN3O2. The number of benzene rings is 1. The number of carbonyl (C=O) groups is 2. The summed E-state index contributed by atoms with van der Waals surface area (Å²) in [5.74, 6) is -0.349. The van der Waals surface area contributed by atoms with Crippen LogP contribution in [0.5, 0.6) is 0 Å². The highest BCUT2D eigenvalue weighted by molar-refractivity contribution is 9.10. The van der Waals surface area contributed by atoms with Gasteiger partial charge in [-0.1, -0.05) is 28.1 Å². The highest BCUT2D eigenvalue weighted by Gasteiger charge is 2.27. The molecule has 0 radical (unpaired) electrons. The van der Waals surface area contributed by atoms with Crippen molar-refractivity contribution in [1.29, 1.82) is 0 Å². The number of primary amides is 1. The fourth-order valence-electron chi connectivity index (χ4n) is 2.63. The Morgan fingerprint density at radius 3 is 2.90 bits per heavy atom. The van der Waals surface area contributed by atoms with Crippen molar-refractivity contribution in [2.45, 2.75) is 25.8 Å². The first-order chi connectivity index (χ1) is 9.47. The van der Waals surface area contributed by atoms with Crippen LogP contribution in [-0.2, 0) is 4.79 Å². The van der Waals surface area contributed by atoms with Crippen LogP contribution in [0.25, 0.3) is 0 Å². The molecule has 1 aliphatic heterocycles. The highest BCUT2D eigenvalue weighted by atomic mass is 79.9. The molecule has 2 rings (SSSR count). The number of imide groups is 1. The van der Waals surface area contributed by atoms with Gasteiger partial charge in [-0.2, -0.15) is 0 Å². The number of carbonyl (C=O) groups excluding carboxylic acids is 2. The summed E-state index contributed by atoms with van der Waals surface area (Å²) in [5.41, 5.74) is 7.34. The van der Waals surface area contributed by atoms with Crippen LogP contribution in [0, 0.1) is 6.92 Å². The number of hydrogen-bond acceptors (Lipinski definition) is 3. The Morgan fingerprint density at radius 2 is 2.25 bits per heavy atom. The third-order valence-corrected chi connectivity index (χ3v) is 4.43. The molecule has 0 unspecified atom stereocenters. The fourth-order valence-corrected chi connectivity index (χ4v) is 2.88. The summed E-state index contributed by atoms with van der Waals surface area (Å²) in [7, 11) is 0. The smallest absolute Gasteiger partial charge is 0.318 e. The van der Waals surface area contributed by atoms with Crippen LogP contribution in [0.4, 0.5) is 4.79 Å².